The highest BCUT2D eigenvalue weighted by molar-refractivity contribution is 6.02. The number of benzene rings is 2. The Morgan fingerprint density at radius 1 is 0.625 bits per heavy atom. The van der Waals surface area contributed by atoms with E-state index in [0.717, 1.165) is 35.1 Å². The molecule has 0 spiro atoms. The van der Waals surface area contributed by atoms with Crippen LogP contribution in [0.5, 0.6) is 23.0 Å². The maximum Gasteiger partial charge on any atom is 0.163 e. The first-order valence-corrected chi connectivity index (χ1v) is 11.0. The van der Waals surface area contributed by atoms with E-state index in [2.05, 4.69) is 13.8 Å². The van der Waals surface area contributed by atoms with E-state index >= 15 is 0 Å². The summed E-state index contributed by atoms with van der Waals surface area (Å²) in [5, 5.41) is 0. The van der Waals surface area contributed by atoms with Gasteiger partial charge in [-0.25, -0.2) is 0 Å². The van der Waals surface area contributed by atoms with Crippen LogP contribution in [0.1, 0.15) is 83.2 Å². The summed E-state index contributed by atoms with van der Waals surface area (Å²) in [7, 11) is 6.39. The summed E-state index contributed by atoms with van der Waals surface area (Å²) >= 11 is 0. The number of methoxy groups -OCH3 is 4. The first-order chi connectivity index (χ1) is 15.4. The van der Waals surface area contributed by atoms with Gasteiger partial charge in [0.1, 0.15) is 0 Å². The number of hydrogen-bond donors (Lipinski definition) is 0. The van der Waals surface area contributed by atoms with Crippen LogP contribution in [0.4, 0.5) is 0 Å². The lowest BCUT2D eigenvalue weighted by Crippen LogP contribution is -1.96. The third kappa shape index (κ3) is 4.31. The van der Waals surface area contributed by atoms with Gasteiger partial charge < -0.3 is 18.9 Å². The minimum Gasteiger partial charge on any atom is -0.493 e. The van der Waals surface area contributed by atoms with Crippen molar-refractivity contribution in [1.82, 2.24) is 0 Å². The monoisotopic (exact) mass is 440 g/mol. The molecule has 0 saturated heterocycles. The van der Waals surface area contributed by atoms with Crippen molar-refractivity contribution >= 4 is 11.6 Å². The van der Waals surface area contributed by atoms with Gasteiger partial charge in [0.25, 0.3) is 0 Å². The van der Waals surface area contributed by atoms with Crippen LogP contribution in [-0.4, -0.2) is 40.0 Å². The van der Waals surface area contributed by atoms with Gasteiger partial charge in [-0.3, -0.25) is 9.59 Å². The molecule has 0 saturated carbocycles. The van der Waals surface area contributed by atoms with Crippen molar-refractivity contribution in [3.8, 4) is 23.0 Å². The minimum absolute atomic E-state index is 0.211. The predicted octanol–water partition coefficient (Wildman–Crippen LogP) is 5.57. The number of Topliss-reactive ketones (excluding diaryl/α,β-unsaturated/α-hetero) is 2. The Bertz CT molecular complexity index is 928. The second-order valence-electron chi connectivity index (χ2n) is 8.05. The average Bonchev–Trinajstić information content (AvgIpc) is 3.32. The highest BCUT2D eigenvalue weighted by atomic mass is 16.5. The molecule has 0 bridgehead atoms. The van der Waals surface area contributed by atoms with Crippen LogP contribution >= 0.6 is 0 Å². The molecular formula is C26H32O6. The van der Waals surface area contributed by atoms with E-state index in [0.29, 0.717) is 47.7 Å². The number of carbonyl (C=O) groups is 2. The normalized spacial score (nSPS) is 18.4. The van der Waals surface area contributed by atoms with Gasteiger partial charge >= 0.3 is 0 Å². The van der Waals surface area contributed by atoms with Gasteiger partial charge in [-0.05, 0) is 60.1 Å². The number of ether oxygens (including phenoxy) is 4. The molecule has 2 atom stereocenters. The number of rotatable bonds is 6. The van der Waals surface area contributed by atoms with Crippen molar-refractivity contribution in [2.75, 3.05) is 28.4 Å². The fourth-order valence-electron chi connectivity index (χ4n) is 4.56. The first-order valence-electron chi connectivity index (χ1n) is 11.0. The van der Waals surface area contributed by atoms with Gasteiger partial charge in [0.05, 0.1) is 28.4 Å². The summed E-state index contributed by atoms with van der Waals surface area (Å²) in [5.74, 6) is 3.76. The van der Waals surface area contributed by atoms with Crippen LogP contribution in [0.15, 0.2) is 24.3 Å². The topological polar surface area (TPSA) is 71.1 Å². The molecule has 32 heavy (non-hydrogen) atoms. The maximum atomic E-state index is 11.8. The van der Waals surface area contributed by atoms with E-state index in [-0.39, 0.29) is 11.6 Å². The lowest BCUT2D eigenvalue weighted by Gasteiger charge is -2.12. The Labute approximate surface area is 189 Å². The fraction of sp³-hybridized carbons (Fsp3) is 0.462. The summed E-state index contributed by atoms with van der Waals surface area (Å²) in [5.41, 5.74) is 3.80. The molecule has 172 valence electrons. The van der Waals surface area contributed by atoms with E-state index in [1.54, 1.807) is 40.6 Å². The van der Waals surface area contributed by atoms with Crippen molar-refractivity contribution in [3.63, 3.8) is 0 Å². The molecular weight excluding hydrogens is 408 g/mol. The molecule has 0 heterocycles. The zero-order valence-corrected chi connectivity index (χ0v) is 19.7. The van der Waals surface area contributed by atoms with Crippen LogP contribution in [0.25, 0.3) is 0 Å². The SMILES string of the molecule is CC[C@@H]1CC(=O)c2cc(OC)c(OC)cc21.CC[C@H]1CC(=O)c2cc(OC)c(OC)cc21. The van der Waals surface area contributed by atoms with Crippen LogP contribution in [-0.2, 0) is 0 Å². The summed E-state index contributed by atoms with van der Waals surface area (Å²) in [6.07, 6.45) is 3.19. The van der Waals surface area contributed by atoms with Crippen LogP contribution in [0, 0.1) is 0 Å². The Morgan fingerprint density at radius 2 is 0.938 bits per heavy atom. The third-order valence-electron chi connectivity index (χ3n) is 6.44. The molecule has 0 amide bonds. The molecule has 6 nitrogen and oxygen atoms in total. The van der Waals surface area contributed by atoms with Crippen molar-refractivity contribution in [2.24, 2.45) is 0 Å². The van der Waals surface area contributed by atoms with E-state index in [1.165, 1.54) is 0 Å². The molecule has 0 radical (unpaired) electrons. The fourth-order valence-corrected chi connectivity index (χ4v) is 4.56. The first kappa shape index (κ1) is 23.6. The smallest absolute Gasteiger partial charge is 0.163 e. The van der Waals surface area contributed by atoms with Gasteiger partial charge in [-0.2, -0.15) is 0 Å². The number of carbonyl (C=O) groups excluding carboxylic acids is 2. The van der Waals surface area contributed by atoms with Gasteiger partial charge in [0.15, 0.2) is 34.6 Å². The van der Waals surface area contributed by atoms with E-state index in [9.17, 15) is 9.59 Å². The van der Waals surface area contributed by atoms with Gasteiger partial charge in [0, 0.05) is 24.0 Å². The minimum atomic E-state index is 0.211. The average molecular weight is 441 g/mol. The summed E-state index contributed by atoms with van der Waals surface area (Å²) in [4.78, 5) is 23.6. The zero-order chi connectivity index (χ0) is 23.4. The second kappa shape index (κ2) is 10.1. The van der Waals surface area contributed by atoms with Crippen LogP contribution in [0.2, 0.25) is 0 Å². The molecule has 0 unspecified atom stereocenters. The summed E-state index contributed by atoms with van der Waals surface area (Å²) < 4.78 is 20.9. The summed E-state index contributed by atoms with van der Waals surface area (Å²) in [6.45, 7) is 4.20. The molecule has 0 N–H and O–H groups in total. The van der Waals surface area contributed by atoms with Gasteiger partial charge in [-0.15, -0.1) is 0 Å². The van der Waals surface area contributed by atoms with E-state index < -0.39 is 0 Å². The highest BCUT2D eigenvalue weighted by Crippen LogP contribution is 2.42. The predicted molar refractivity (Wildman–Crippen MR) is 123 cm³/mol. The standard InChI is InChI=1S/2C13H16O3/c2*1-4-8-5-11(14)10-7-13(16-3)12(15-2)6-9(8)10/h2*6-8H,4-5H2,1-3H3/t2*8-/m10/s1. The Morgan fingerprint density at radius 3 is 1.22 bits per heavy atom. The van der Waals surface area contributed by atoms with Crippen molar-refractivity contribution in [2.45, 2.75) is 51.4 Å². The lowest BCUT2D eigenvalue weighted by atomic mass is 9.98. The van der Waals surface area contributed by atoms with Crippen molar-refractivity contribution < 1.29 is 28.5 Å². The molecule has 2 aliphatic carbocycles. The Kier molecular flexibility index (Phi) is 7.44. The number of ketones is 2. The quantitative estimate of drug-likeness (QED) is 0.585. The molecule has 0 aromatic heterocycles. The largest absolute Gasteiger partial charge is 0.493 e. The van der Waals surface area contributed by atoms with Crippen molar-refractivity contribution in [3.05, 3.63) is 46.5 Å². The van der Waals surface area contributed by atoms with E-state index in [4.69, 9.17) is 18.9 Å². The molecule has 2 aliphatic rings. The lowest BCUT2D eigenvalue weighted by molar-refractivity contribution is 0.0980. The zero-order valence-electron chi connectivity index (χ0n) is 19.7. The number of hydrogen-bond acceptors (Lipinski definition) is 6. The molecule has 2 aromatic carbocycles. The molecule has 0 fully saturated rings. The van der Waals surface area contributed by atoms with Gasteiger partial charge in [0.2, 0.25) is 0 Å². The van der Waals surface area contributed by atoms with Gasteiger partial charge in [-0.1, -0.05) is 13.8 Å². The summed E-state index contributed by atoms with van der Waals surface area (Å²) in [6, 6.07) is 7.47. The van der Waals surface area contributed by atoms with E-state index in [1.807, 2.05) is 12.1 Å². The van der Waals surface area contributed by atoms with Crippen LogP contribution < -0.4 is 18.9 Å². The van der Waals surface area contributed by atoms with Crippen LogP contribution in [0.3, 0.4) is 0 Å². The second-order valence-corrected chi connectivity index (χ2v) is 8.05. The molecule has 0 aliphatic heterocycles. The number of fused-ring (bicyclic) bond motifs is 2. The molecule has 4 rings (SSSR count). The third-order valence-corrected chi connectivity index (χ3v) is 6.44. The maximum absolute atomic E-state index is 11.8. The highest BCUT2D eigenvalue weighted by Gasteiger charge is 2.31. The Hall–Kier alpha value is -3.02. The van der Waals surface area contributed by atoms with Crippen molar-refractivity contribution in [1.29, 1.82) is 0 Å². The molecule has 2 aromatic rings. The Balaban J connectivity index is 0.000000181. The molecule has 6 heteroatoms.